The predicted octanol–water partition coefficient (Wildman–Crippen LogP) is 2.28. The fourth-order valence-electron chi connectivity index (χ4n) is 1.91. The van der Waals surface area contributed by atoms with Gasteiger partial charge in [-0.05, 0) is 44.0 Å². The minimum Gasteiger partial charge on any atom is -0.352 e. The molecule has 1 aromatic carbocycles. The van der Waals surface area contributed by atoms with Crippen LogP contribution in [0.3, 0.4) is 0 Å². The largest absolute Gasteiger partial charge is 0.352 e. The number of carbonyl (C=O) groups excluding carboxylic acids is 2. The number of hydrogen-bond acceptors (Lipinski definition) is 3. The Balaban J connectivity index is 2.48. The second kappa shape index (κ2) is 9.94. The first kappa shape index (κ1) is 17.2. The molecule has 0 heterocycles. The maximum absolute atomic E-state index is 11.8. The van der Waals surface area contributed by atoms with Gasteiger partial charge in [0, 0.05) is 24.2 Å². The first-order chi connectivity index (χ1) is 10.2. The van der Waals surface area contributed by atoms with Gasteiger partial charge in [0.05, 0.1) is 0 Å². The van der Waals surface area contributed by atoms with Crippen LogP contribution in [0.1, 0.15) is 49.4 Å². The Kier molecular flexibility index (Phi) is 8.12. The van der Waals surface area contributed by atoms with Crippen LogP contribution in [-0.4, -0.2) is 24.9 Å². The summed E-state index contributed by atoms with van der Waals surface area (Å²) < 4.78 is 0. The van der Waals surface area contributed by atoms with Crippen molar-refractivity contribution in [1.82, 2.24) is 5.32 Å². The molecule has 0 aliphatic heterocycles. The zero-order valence-corrected chi connectivity index (χ0v) is 12.7. The summed E-state index contributed by atoms with van der Waals surface area (Å²) in [5.41, 5.74) is 6.63. The van der Waals surface area contributed by atoms with E-state index in [0.29, 0.717) is 30.8 Å². The molecular weight excluding hydrogens is 266 g/mol. The van der Waals surface area contributed by atoms with Gasteiger partial charge in [0.1, 0.15) is 0 Å². The standard InChI is InChI=1S/C16H25N3O2/c1-2-11-18-16(21)13-7-6-8-14(12-13)19-15(20)9-4-3-5-10-17/h6-8,12H,2-5,9-11,17H2,1H3,(H,18,21)(H,19,20). The molecule has 0 aromatic heterocycles. The molecule has 0 atom stereocenters. The maximum Gasteiger partial charge on any atom is 0.251 e. The molecule has 5 heteroatoms. The van der Waals surface area contributed by atoms with Crippen LogP contribution in [0.2, 0.25) is 0 Å². The molecule has 4 N–H and O–H groups in total. The second-order valence-corrected chi connectivity index (χ2v) is 4.98. The summed E-state index contributed by atoms with van der Waals surface area (Å²) in [6, 6.07) is 6.99. The van der Waals surface area contributed by atoms with Crippen molar-refractivity contribution < 1.29 is 9.59 Å². The van der Waals surface area contributed by atoms with Gasteiger partial charge in [-0.1, -0.05) is 19.4 Å². The molecule has 0 fully saturated rings. The van der Waals surface area contributed by atoms with Crippen molar-refractivity contribution in [1.29, 1.82) is 0 Å². The molecule has 0 aliphatic rings. The highest BCUT2D eigenvalue weighted by atomic mass is 16.2. The lowest BCUT2D eigenvalue weighted by molar-refractivity contribution is -0.116. The molecule has 1 aromatic rings. The van der Waals surface area contributed by atoms with Gasteiger partial charge in [-0.2, -0.15) is 0 Å². The lowest BCUT2D eigenvalue weighted by atomic mass is 10.1. The van der Waals surface area contributed by atoms with Crippen molar-refractivity contribution in [3.05, 3.63) is 29.8 Å². The highest BCUT2D eigenvalue weighted by Crippen LogP contribution is 2.12. The number of rotatable bonds is 9. The number of unbranched alkanes of at least 4 members (excludes halogenated alkanes) is 2. The zero-order valence-electron chi connectivity index (χ0n) is 12.7. The van der Waals surface area contributed by atoms with Gasteiger partial charge in [-0.15, -0.1) is 0 Å². The number of anilines is 1. The molecule has 0 saturated carbocycles. The molecule has 5 nitrogen and oxygen atoms in total. The molecule has 2 amide bonds. The SMILES string of the molecule is CCCNC(=O)c1cccc(NC(=O)CCCCCN)c1. The van der Waals surface area contributed by atoms with Crippen LogP contribution in [0.15, 0.2) is 24.3 Å². The molecule has 1 rings (SSSR count). The molecule has 0 spiro atoms. The van der Waals surface area contributed by atoms with Gasteiger partial charge in [0.2, 0.25) is 5.91 Å². The Morgan fingerprint density at radius 1 is 1.19 bits per heavy atom. The van der Waals surface area contributed by atoms with E-state index >= 15 is 0 Å². The van der Waals surface area contributed by atoms with Gasteiger partial charge < -0.3 is 16.4 Å². The van der Waals surface area contributed by atoms with Crippen LogP contribution in [0.5, 0.6) is 0 Å². The summed E-state index contributed by atoms with van der Waals surface area (Å²) in [6.45, 7) is 3.31. The van der Waals surface area contributed by atoms with Crippen molar-refractivity contribution in [3.63, 3.8) is 0 Å². The van der Waals surface area contributed by atoms with E-state index in [2.05, 4.69) is 10.6 Å². The Bertz CT molecular complexity index is 461. The third-order valence-corrected chi connectivity index (χ3v) is 3.05. The molecule has 0 saturated heterocycles. The van der Waals surface area contributed by atoms with Crippen LogP contribution >= 0.6 is 0 Å². The zero-order chi connectivity index (χ0) is 15.5. The van der Waals surface area contributed by atoms with E-state index in [4.69, 9.17) is 5.73 Å². The number of amides is 2. The average molecular weight is 291 g/mol. The number of nitrogens with one attached hydrogen (secondary N) is 2. The monoisotopic (exact) mass is 291 g/mol. The summed E-state index contributed by atoms with van der Waals surface area (Å²) in [6.07, 6.45) is 4.11. The molecule has 0 unspecified atom stereocenters. The Morgan fingerprint density at radius 2 is 2.00 bits per heavy atom. The van der Waals surface area contributed by atoms with E-state index in [0.717, 1.165) is 25.7 Å². The van der Waals surface area contributed by atoms with Gasteiger partial charge >= 0.3 is 0 Å². The topological polar surface area (TPSA) is 84.2 Å². The number of carbonyl (C=O) groups is 2. The Morgan fingerprint density at radius 3 is 2.71 bits per heavy atom. The normalized spacial score (nSPS) is 10.2. The summed E-state index contributed by atoms with van der Waals surface area (Å²) in [5.74, 6) is -0.144. The third-order valence-electron chi connectivity index (χ3n) is 3.05. The highest BCUT2D eigenvalue weighted by Gasteiger charge is 2.07. The molecule has 116 valence electrons. The Hall–Kier alpha value is -1.88. The lowest BCUT2D eigenvalue weighted by Crippen LogP contribution is -2.24. The molecule has 0 bridgehead atoms. The van der Waals surface area contributed by atoms with Gasteiger partial charge in [0.15, 0.2) is 0 Å². The second-order valence-electron chi connectivity index (χ2n) is 4.98. The number of benzene rings is 1. The van der Waals surface area contributed by atoms with Crippen molar-refractivity contribution in [2.75, 3.05) is 18.4 Å². The van der Waals surface area contributed by atoms with Crippen molar-refractivity contribution >= 4 is 17.5 Å². The summed E-state index contributed by atoms with van der Waals surface area (Å²) in [5, 5.41) is 5.63. The minimum absolute atomic E-state index is 0.0295. The average Bonchev–Trinajstić information content (AvgIpc) is 2.49. The van der Waals surface area contributed by atoms with Crippen LogP contribution in [0, 0.1) is 0 Å². The quantitative estimate of drug-likeness (QED) is 0.610. The summed E-state index contributed by atoms with van der Waals surface area (Å²) in [7, 11) is 0. The lowest BCUT2D eigenvalue weighted by Gasteiger charge is -2.08. The van der Waals surface area contributed by atoms with E-state index in [1.54, 1.807) is 24.3 Å². The van der Waals surface area contributed by atoms with Gasteiger partial charge in [0.25, 0.3) is 5.91 Å². The van der Waals surface area contributed by atoms with Crippen molar-refractivity contribution in [3.8, 4) is 0 Å². The molecule has 0 aliphatic carbocycles. The van der Waals surface area contributed by atoms with Crippen molar-refractivity contribution in [2.24, 2.45) is 5.73 Å². The Labute approximate surface area is 126 Å². The predicted molar refractivity (Wildman–Crippen MR) is 85.2 cm³/mol. The van der Waals surface area contributed by atoms with E-state index in [1.807, 2.05) is 6.92 Å². The van der Waals surface area contributed by atoms with E-state index in [-0.39, 0.29) is 11.8 Å². The molecule has 0 radical (unpaired) electrons. The summed E-state index contributed by atoms with van der Waals surface area (Å²) in [4.78, 5) is 23.6. The van der Waals surface area contributed by atoms with E-state index < -0.39 is 0 Å². The first-order valence-corrected chi connectivity index (χ1v) is 7.55. The molecule has 21 heavy (non-hydrogen) atoms. The fraction of sp³-hybridized carbons (Fsp3) is 0.500. The van der Waals surface area contributed by atoms with Crippen LogP contribution in [-0.2, 0) is 4.79 Å². The van der Waals surface area contributed by atoms with Crippen LogP contribution in [0.4, 0.5) is 5.69 Å². The van der Waals surface area contributed by atoms with E-state index in [9.17, 15) is 9.59 Å². The first-order valence-electron chi connectivity index (χ1n) is 7.55. The third kappa shape index (κ3) is 6.90. The smallest absolute Gasteiger partial charge is 0.251 e. The van der Waals surface area contributed by atoms with E-state index in [1.165, 1.54) is 0 Å². The number of hydrogen-bond donors (Lipinski definition) is 3. The van der Waals surface area contributed by atoms with Gasteiger partial charge in [-0.3, -0.25) is 9.59 Å². The molecular formula is C16H25N3O2. The van der Waals surface area contributed by atoms with Crippen molar-refractivity contribution in [2.45, 2.75) is 39.0 Å². The minimum atomic E-state index is -0.115. The van der Waals surface area contributed by atoms with Gasteiger partial charge in [-0.25, -0.2) is 0 Å². The maximum atomic E-state index is 11.8. The number of nitrogens with two attached hydrogens (primary N) is 1. The summed E-state index contributed by atoms with van der Waals surface area (Å²) >= 11 is 0. The highest BCUT2D eigenvalue weighted by molar-refractivity contribution is 5.97. The van der Waals surface area contributed by atoms with Crippen LogP contribution in [0.25, 0.3) is 0 Å². The van der Waals surface area contributed by atoms with Crippen LogP contribution < -0.4 is 16.4 Å². The fourth-order valence-corrected chi connectivity index (χ4v) is 1.91.